The van der Waals surface area contributed by atoms with E-state index in [0.29, 0.717) is 11.5 Å². The monoisotopic (exact) mass is 400 g/mol. The molecule has 1 aliphatic rings. The topological polar surface area (TPSA) is 115 Å². The maximum atomic E-state index is 13.1. The van der Waals surface area contributed by atoms with Gasteiger partial charge < -0.3 is 14.6 Å². The fourth-order valence-corrected chi connectivity index (χ4v) is 2.88. The third-order valence-corrected chi connectivity index (χ3v) is 4.30. The largest absolute Gasteiger partial charge is 0.458 e. The Balaban J connectivity index is 1.86. The van der Waals surface area contributed by atoms with Crippen LogP contribution in [0.3, 0.4) is 0 Å². The maximum Gasteiger partial charge on any atom is 0.341 e. The average molecular weight is 400 g/mol. The second kappa shape index (κ2) is 7.84. The van der Waals surface area contributed by atoms with Gasteiger partial charge in [0.05, 0.1) is 31.2 Å². The minimum absolute atomic E-state index is 0.137. The van der Waals surface area contributed by atoms with Crippen LogP contribution >= 0.6 is 0 Å². The molecule has 1 aliphatic heterocycles. The van der Waals surface area contributed by atoms with Gasteiger partial charge in [-0.05, 0) is 45.9 Å². The third-order valence-electron chi connectivity index (χ3n) is 4.30. The van der Waals surface area contributed by atoms with E-state index in [4.69, 9.17) is 9.47 Å². The Morgan fingerprint density at radius 2 is 2.00 bits per heavy atom. The Kier molecular flexibility index (Phi) is 5.63. The Morgan fingerprint density at radius 1 is 1.24 bits per heavy atom. The van der Waals surface area contributed by atoms with Gasteiger partial charge in [-0.25, -0.2) is 9.78 Å². The minimum Gasteiger partial charge on any atom is -0.458 e. The number of anilines is 1. The van der Waals surface area contributed by atoms with Gasteiger partial charge in [-0.1, -0.05) is 6.07 Å². The van der Waals surface area contributed by atoms with Gasteiger partial charge in [-0.15, -0.1) is 0 Å². The lowest BCUT2D eigenvalue weighted by Gasteiger charge is -2.38. The van der Waals surface area contributed by atoms with Gasteiger partial charge in [0.2, 0.25) is 0 Å². The summed E-state index contributed by atoms with van der Waals surface area (Å²) in [5, 5.41) is 18.3. The van der Waals surface area contributed by atoms with Gasteiger partial charge >= 0.3 is 5.97 Å². The first-order chi connectivity index (χ1) is 13.6. The van der Waals surface area contributed by atoms with Crippen molar-refractivity contribution in [2.24, 2.45) is 0 Å². The number of hydrogen-bond donors (Lipinski definition) is 1. The molecule has 1 amide bonds. The molecule has 0 bridgehead atoms. The Bertz CT molecular complexity index is 895. The van der Waals surface area contributed by atoms with Crippen molar-refractivity contribution in [3.8, 4) is 11.3 Å². The number of esters is 1. The van der Waals surface area contributed by atoms with Crippen LogP contribution in [-0.2, 0) is 19.1 Å². The number of carbonyl (C=O) groups excluding carboxylic acids is 2. The number of amides is 1. The second-order valence-electron chi connectivity index (χ2n) is 7.90. The predicted octanol–water partition coefficient (Wildman–Crippen LogP) is 1.36. The molecule has 2 aromatic rings. The minimum atomic E-state index is -2.14. The van der Waals surface area contributed by atoms with Crippen molar-refractivity contribution in [1.82, 2.24) is 15.2 Å². The van der Waals surface area contributed by atoms with Crippen LogP contribution in [-0.4, -0.2) is 62.6 Å². The van der Waals surface area contributed by atoms with Crippen LogP contribution in [0.1, 0.15) is 27.7 Å². The number of nitrogens with zero attached hydrogens (tertiary/aromatic N) is 4. The van der Waals surface area contributed by atoms with Gasteiger partial charge in [-0.3, -0.25) is 9.69 Å². The molecule has 9 nitrogen and oxygen atoms in total. The number of morpholine rings is 1. The van der Waals surface area contributed by atoms with Crippen molar-refractivity contribution in [1.29, 1.82) is 0 Å². The predicted molar refractivity (Wildman–Crippen MR) is 104 cm³/mol. The van der Waals surface area contributed by atoms with E-state index in [9.17, 15) is 14.7 Å². The molecule has 1 N–H and O–H groups in total. The summed E-state index contributed by atoms with van der Waals surface area (Å²) in [5.41, 5.74) is -1.59. The molecule has 1 saturated heterocycles. The summed E-state index contributed by atoms with van der Waals surface area (Å²) >= 11 is 0. The first-order valence-electron chi connectivity index (χ1n) is 9.22. The van der Waals surface area contributed by atoms with Gasteiger partial charge in [0, 0.05) is 5.56 Å². The van der Waals surface area contributed by atoms with Crippen molar-refractivity contribution in [2.45, 2.75) is 45.0 Å². The van der Waals surface area contributed by atoms with E-state index in [2.05, 4.69) is 15.2 Å². The summed E-state index contributed by atoms with van der Waals surface area (Å²) in [7, 11) is 0. The SMILES string of the molecule is CC(C)(C)OC(=O)[C@](C)(O)[C@H]1OCCN(c2cccc(-c3ccnnc3)n2)C1=O. The summed E-state index contributed by atoms with van der Waals surface area (Å²) in [6.07, 6.45) is 1.72. The van der Waals surface area contributed by atoms with E-state index in [1.54, 1.807) is 57.4 Å². The zero-order valence-electron chi connectivity index (χ0n) is 16.8. The molecular formula is C20H24N4O5. The van der Waals surface area contributed by atoms with E-state index >= 15 is 0 Å². The van der Waals surface area contributed by atoms with Crippen molar-refractivity contribution in [3.05, 3.63) is 36.7 Å². The lowest BCUT2D eigenvalue weighted by molar-refractivity contribution is -0.194. The lowest BCUT2D eigenvalue weighted by atomic mass is 9.96. The number of aromatic nitrogens is 3. The van der Waals surface area contributed by atoms with E-state index in [1.807, 2.05) is 0 Å². The molecule has 3 rings (SSSR count). The maximum absolute atomic E-state index is 13.1. The van der Waals surface area contributed by atoms with Crippen LogP contribution in [0.2, 0.25) is 0 Å². The third kappa shape index (κ3) is 4.57. The van der Waals surface area contributed by atoms with Gasteiger partial charge in [-0.2, -0.15) is 10.2 Å². The quantitative estimate of drug-likeness (QED) is 0.765. The van der Waals surface area contributed by atoms with Gasteiger partial charge in [0.1, 0.15) is 11.4 Å². The smallest absolute Gasteiger partial charge is 0.341 e. The van der Waals surface area contributed by atoms with Crippen LogP contribution in [0.4, 0.5) is 5.82 Å². The highest BCUT2D eigenvalue weighted by Gasteiger charge is 2.50. The molecule has 0 aliphatic carbocycles. The molecule has 29 heavy (non-hydrogen) atoms. The summed E-state index contributed by atoms with van der Waals surface area (Å²) in [4.78, 5) is 31.4. The average Bonchev–Trinajstić information content (AvgIpc) is 2.67. The van der Waals surface area contributed by atoms with Crippen LogP contribution in [0.15, 0.2) is 36.7 Å². The normalized spacial score (nSPS) is 19.6. The Hall–Kier alpha value is -2.91. The van der Waals surface area contributed by atoms with Crippen molar-refractivity contribution < 1.29 is 24.2 Å². The van der Waals surface area contributed by atoms with Gasteiger partial charge in [0.25, 0.3) is 5.91 Å². The Labute approximate surface area is 168 Å². The van der Waals surface area contributed by atoms with Crippen molar-refractivity contribution in [2.75, 3.05) is 18.1 Å². The summed E-state index contributed by atoms with van der Waals surface area (Å²) < 4.78 is 10.7. The van der Waals surface area contributed by atoms with Crippen LogP contribution in [0.5, 0.6) is 0 Å². The first kappa shape index (κ1) is 20.8. The number of ether oxygens (including phenoxy) is 2. The van der Waals surface area contributed by atoms with E-state index < -0.39 is 29.2 Å². The standard InChI is InChI=1S/C20H24N4O5/c1-19(2,3)29-18(26)20(4,27)16-17(25)24(10-11-28-16)15-7-5-6-14(23-15)13-8-9-21-22-12-13/h5-9,12,16,27H,10-11H2,1-4H3/t16-,20+/m0/s1. The molecule has 3 heterocycles. The number of carbonyl (C=O) groups is 2. The molecule has 2 aromatic heterocycles. The van der Waals surface area contributed by atoms with Crippen molar-refractivity contribution in [3.63, 3.8) is 0 Å². The van der Waals surface area contributed by atoms with Crippen LogP contribution in [0.25, 0.3) is 11.3 Å². The molecule has 0 saturated carbocycles. The number of hydrogen-bond acceptors (Lipinski definition) is 8. The number of aliphatic hydroxyl groups is 1. The molecule has 0 radical (unpaired) electrons. The van der Waals surface area contributed by atoms with Gasteiger partial charge in [0.15, 0.2) is 11.7 Å². The molecule has 2 atom stereocenters. The first-order valence-corrected chi connectivity index (χ1v) is 9.22. The second-order valence-corrected chi connectivity index (χ2v) is 7.90. The zero-order valence-corrected chi connectivity index (χ0v) is 16.8. The summed E-state index contributed by atoms with van der Waals surface area (Å²) in [5.74, 6) is -1.10. The zero-order chi connectivity index (χ0) is 21.2. The molecule has 0 unspecified atom stereocenters. The van der Waals surface area contributed by atoms with Crippen LogP contribution < -0.4 is 4.90 Å². The highest BCUT2D eigenvalue weighted by molar-refractivity contribution is 6.01. The van der Waals surface area contributed by atoms with E-state index in [-0.39, 0.29) is 13.2 Å². The number of pyridine rings is 1. The molecule has 154 valence electrons. The lowest BCUT2D eigenvalue weighted by Crippen LogP contribution is -2.61. The van der Waals surface area contributed by atoms with Crippen LogP contribution in [0, 0.1) is 0 Å². The Morgan fingerprint density at radius 3 is 2.66 bits per heavy atom. The molecular weight excluding hydrogens is 376 g/mol. The highest BCUT2D eigenvalue weighted by atomic mass is 16.6. The summed E-state index contributed by atoms with van der Waals surface area (Å²) in [6, 6.07) is 7.00. The fraction of sp³-hybridized carbons (Fsp3) is 0.450. The molecule has 0 aromatic carbocycles. The molecule has 0 spiro atoms. The van der Waals surface area contributed by atoms with E-state index in [0.717, 1.165) is 5.56 Å². The fourth-order valence-electron chi connectivity index (χ4n) is 2.88. The highest BCUT2D eigenvalue weighted by Crippen LogP contribution is 2.27. The molecule has 9 heteroatoms. The molecule has 1 fully saturated rings. The van der Waals surface area contributed by atoms with Crippen molar-refractivity contribution >= 4 is 17.7 Å². The number of rotatable bonds is 4. The van der Waals surface area contributed by atoms with E-state index in [1.165, 1.54) is 11.8 Å². The summed E-state index contributed by atoms with van der Waals surface area (Å²) in [6.45, 7) is 6.64.